The van der Waals surface area contributed by atoms with Crippen LogP contribution in [0, 0.1) is 0 Å². The SMILES string of the molecule is CSc1cccc(N(C)CC(C)(C)N)c1.Cl. The van der Waals surface area contributed by atoms with Crippen LogP contribution >= 0.6 is 24.2 Å². The van der Waals surface area contributed by atoms with Gasteiger partial charge >= 0.3 is 0 Å². The van der Waals surface area contributed by atoms with Crippen LogP contribution in [0.1, 0.15) is 13.8 Å². The van der Waals surface area contributed by atoms with E-state index in [1.54, 1.807) is 11.8 Å². The first-order valence-corrected chi connectivity index (χ1v) is 6.29. The first kappa shape index (κ1) is 15.6. The van der Waals surface area contributed by atoms with Crippen molar-refractivity contribution in [3.63, 3.8) is 0 Å². The van der Waals surface area contributed by atoms with Crippen molar-refractivity contribution in [1.29, 1.82) is 0 Å². The van der Waals surface area contributed by atoms with Crippen LogP contribution in [-0.2, 0) is 0 Å². The van der Waals surface area contributed by atoms with E-state index in [9.17, 15) is 0 Å². The molecule has 0 amide bonds. The predicted octanol–water partition coefficient (Wildman–Crippen LogP) is 3.00. The molecule has 0 unspecified atom stereocenters. The van der Waals surface area contributed by atoms with Crippen LogP contribution in [0.3, 0.4) is 0 Å². The second kappa shape index (κ2) is 6.38. The summed E-state index contributed by atoms with van der Waals surface area (Å²) >= 11 is 1.76. The summed E-state index contributed by atoms with van der Waals surface area (Å²) in [5, 5.41) is 0. The van der Waals surface area contributed by atoms with Crippen molar-refractivity contribution in [2.75, 3.05) is 24.7 Å². The van der Waals surface area contributed by atoms with Gasteiger partial charge in [0.15, 0.2) is 0 Å². The monoisotopic (exact) mass is 260 g/mol. The van der Waals surface area contributed by atoms with E-state index >= 15 is 0 Å². The minimum absolute atomic E-state index is 0. The molecule has 0 aromatic heterocycles. The van der Waals surface area contributed by atoms with Crippen molar-refractivity contribution < 1.29 is 0 Å². The van der Waals surface area contributed by atoms with Crippen molar-refractivity contribution in [2.45, 2.75) is 24.3 Å². The first-order chi connectivity index (χ1) is 6.92. The lowest BCUT2D eigenvalue weighted by Crippen LogP contribution is -2.44. The summed E-state index contributed by atoms with van der Waals surface area (Å²) in [6.07, 6.45) is 2.09. The molecule has 0 radical (unpaired) electrons. The average Bonchev–Trinajstić information content (AvgIpc) is 2.15. The van der Waals surface area contributed by atoms with E-state index in [0.29, 0.717) is 0 Å². The van der Waals surface area contributed by atoms with E-state index in [1.165, 1.54) is 10.6 Å². The average molecular weight is 261 g/mol. The van der Waals surface area contributed by atoms with Gasteiger partial charge in [0.2, 0.25) is 0 Å². The van der Waals surface area contributed by atoms with Crippen LogP contribution in [0.5, 0.6) is 0 Å². The number of nitrogens with zero attached hydrogens (tertiary/aromatic N) is 1. The third kappa shape index (κ3) is 5.10. The smallest absolute Gasteiger partial charge is 0.0375 e. The van der Waals surface area contributed by atoms with Crippen molar-refractivity contribution in [3.05, 3.63) is 24.3 Å². The van der Waals surface area contributed by atoms with E-state index in [4.69, 9.17) is 5.73 Å². The number of halogens is 1. The fraction of sp³-hybridized carbons (Fsp3) is 0.500. The van der Waals surface area contributed by atoms with Crippen LogP contribution in [-0.4, -0.2) is 25.4 Å². The Hall–Kier alpha value is -0.380. The van der Waals surface area contributed by atoms with Gasteiger partial charge in [0.25, 0.3) is 0 Å². The summed E-state index contributed by atoms with van der Waals surface area (Å²) in [6.45, 7) is 4.94. The van der Waals surface area contributed by atoms with E-state index in [1.807, 2.05) is 13.8 Å². The van der Waals surface area contributed by atoms with Gasteiger partial charge < -0.3 is 10.6 Å². The van der Waals surface area contributed by atoms with Crippen LogP contribution in [0.4, 0.5) is 5.69 Å². The molecule has 1 aromatic rings. The Morgan fingerprint density at radius 1 is 1.38 bits per heavy atom. The van der Waals surface area contributed by atoms with Gasteiger partial charge in [-0.1, -0.05) is 6.07 Å². The number of rotatable bonds is 4. The number of likely N-dealkylation sites (N-methyl/N-ethyl adjacent to an activating group) is 1. The number of nitrogens with two attached hydrogens (primary N) is 1. The van der Waals surface area contributed by atoms with Gasteiger partial charge in [-0.3, -0.25) is 0 Å². The Balaban J connectivity index is 0.00000225. The highest BCUT2D eigenvalue weighted by atomic mass is 35.5. The first-order valence-electron chi connectivity index (χ1n) is 5.06. The van der Waals surface area contributed by atoms with E-state index in [-0.39, 0.29) is 17.9 Å². The third-order valence-electron chi connectivity index (χ3n) is 2.14. The summed E-state index contributed by atoms with van der Waals surface area (Å²) in [7, 11) is 2.08. The lowest BCUT2D eigenvalue weighted by molar-refractivity contribution is 0.519. The molecule has 1 aromatic carbocycles. The quantitative estimate of drug-likeness (QED) is 0.844. The lowest BCUT2D eigenvalue weighted by Gasteiger charge is -2.28. The fourth-order valence-electron chi connectivity index (χ4n) is 1.55. The molecule has 0 aliphatic carbocycles. The van der Waals surface area contributed by atoms with Crippen molar-refractivity contribution in [3.8, 4) is 0 Å². The molecule has 2 N–H and O–H groups in total. The second-order valence-corrected chi connectivity index (χ2v) is 5.43. The van der Waals surface area contributed by atoms with Gasteiger partial charge in [-0.25, -0.2) is 0 Å². The molecule has 0 spiro atoms. The molecule has 0 bridgehead atoms. The Bertz CT molecular complexity index is 323. The molecule has 0 saturated carbocycles. The molecule has 4 heteroatoms. The molecule has 0 aliphatic heterocycles. The van der Waals surface area contributed by atoms with Gasteiger partial charge in [-0.15, -0.1) is 24.2 Å². The highest BCUT2D eigenvalue weighted by molar-refractivity contribution is 7.98. The molecule has 16 heavy (non-hydrogen) atoms. The summed E-state index contributed by atoms with van der Waals surface area (Å²) in [5.74, 6) is 0. The van der Waals surface area contributed by atoms with E-state index in [2.05, 4.69) is 42.5 Å². The van der Waals surface area contributed by atoms with Crippen LogP contribution in [0.2, 0.25) is 0 Å². The van der Waals surface area contributed by atoms with Gasteiger partial charge in [-0.05, 0) is 38.3 Å². The maximum atomic E-state index is 6.00. The van der Waals surface area contributed by atoms with E-state index < -0.39 is 0 Å². The fourth-order valence-corrected chi connectivity index (χ4v) is 2.00. The Labute approximate surface area is 109 Å². The number of benzene rings is 1. The van der Waals surface area contributed by atoms with Crippen LogP contribution < -0.4 is 10.6 Å². The normalized spacial score (nSPS) is 10.8. The van der Waals surface area contributed by atoms with Gasteiger partial charge in [0.05, 0.1) is 0 Å². The molecule has 0 atom stereocenters. The van der Waals surface area contributed by atoms with Crippen LogP contribution in [0.15, 0.2) is 29.2 Å². The topological polar surface area (TPSA) is 29.3 Å². The molecular weight excluding hydrogens is 240 g/mol. The van der Waals surface area contributed by atoms with Gasteiger partial charge in [-0.2, -0.15) is 0 Å². The largest absolute Gasteiger partial charge is 0.373 e. The van der Waals surface area contributed by atoms with Crippen LogP contribution in [0.25, 0.3) is 0 Å². The summed E-state index contributed by atoms with van der Waals surface area (Å²) < 4.78 is 0. The highest BCUT2D eigenvalue weighted by Gasteiger charge is 2.14. The van der Waals surface area contributed by atoms with E-state index in [0.717, 1.165) is 6.54 Å². The number of anilines is 1. The summed E-state index contributed by atoms with van der Waals surface area (Å²) in [5.41, 5.74) is 7.06. The summed E-state index contributed by atoms with van der Waals surface area (Å²) in [6, 6.07) is 8.51. The predicted molar refractivity (Wildman–Crippen MR) is 77.0 cm³/mol. The Morgan fingerprint density at radius 3 is 2.50 bits per heavy atom. The molecule has 0 saturated heterocycles. The Kier molecular flexibility index (Phi) is 6.23. The maximum absolute atomic E-state index is 6.00. The third-order valence-corrected chi connectivity index (χ3v) is 2.86. The van der Waals surface area contributed by atoms with Crippen molar-refractivity contribution in [1.82, 2.24) is 0 Å². The Morgan fingerprint density at radius 2 is 2.00 bits per heavy atom. The van der Waals surface area contributed by atoms with Crippen molar-refractivity contribution >= 4 is 29.9 Å². The van der Waals surface area contributed by atoms with Gasteiger partial charge in [0.1, 0.15) is 0 Å². The molecule has 2 nitrogen and oxygen atoms in total. The number of hydrogen-bond acceptors (Lipinski definition) is 3. The summed E-state index contributed by atoms with van der Waals surface area (Å²) in [4.78, 5) is 3.48. The minimum Gasteiger partial charge on any atom is -0.373 e. The minimum atomic E-state index is -0.163. The molecule has 1 rings (SSSR count). The van der Waals surface area contributed by atoms with Crippen molar-refractivity contribution in [2.24, 2.45) is 5.73 Å². The zero-order valence-electron chi connectivity index (χ0n) is 10.4. The highest BCUT2D eigenvalue weighted by Crippen LogP contribution is 2.22. The zero-order chi connectivity index (χ0) is 11.5. The molecular formula is C12H21ClN2S. The molecule has 0 fully saturated rings. The lowest BCUT2D eigenvalue weighted by atomic mass is 10.1. The number of hydrogen-bond donors (Lipinski definition) is 1. The molecule has 0 aliphatic rings. The number of thioether (sulfide) groups is 1. The second-order valence-electron chi connectivity index (χ2n) is 4.55. The molecule has 92 valence electrons. The standard InChI is InChI=1S/C12H20N2S.ClH/c1-12(2,13)9-14(3)10-6-5-7-11(8-10)15-4;/h5-8H,9,13H2,1-4H3;1H. The van der Waals surface area contributed by atoms with Gasteiger partial charge in [0, 0.05) is 29.7 Å². The zero-order valence-corrected chi connectivity index (χ0v) is 12.0. The maximum Gasteiger partial charge on any atom is 0.0375 e. The molecule has 0 heterocycles.